The Morgan fingerprint density at radius 1 is 1.03 bits per heavy atom. The smallest absolute Gasteiger partial charge is 0.225 e. The lowest BCUT2D eigenvalue weighted by atomic mass is 10.2. The van der Waals surface area contributed by atoms with Crippen LogP contribution >= 0.6 is 11.8 Å². The van der Waals surface area contributed by atoms with Crippen LogP contribution in [0, 0.1) is 5.82 Å². The standard InChI is InChI=1S/C24H26FN3OS/c1-30-23-8-3-2-7-22(23)27-24(29)14-17-28(16-13-21-6-4-5-15-26-21)18-19-9-11-20(25)12-10-19/h2-12,15H,13-14,16-18H2,1H3,(H,27,29). The van der Waals surface area contributed by atoms with Crippen molar-refractivity contribution in [1.82, 2.24) is 9.88 Å². The molecular weight excluding hydrogens is 397 g/mol. The van der Waals surface area contributed by atoms with Crippen LogP contribution in [-0.2, 0) is 17.8 Å². The summed E-state index contributed by atoms with van der Waals surface area (Å²) in [5, 5.41) is 3.01. The van der Waals surface area contributed by atoms with Crippen LogP contribution in [-0.4, -0.2) is 35.1 Å². The van der Waals surface area contributed by atoms with Crippen molar-refractivity contribution in [3.05, 3.63) is 90.0 Å². The number of para-hydroxylation sites is 1. The number of nitrogens with one attached hydrogen (secondary N) is 1. The van der Waals surface area contributed by atoms with E-state index in [4.69, 9.17) is 0 Å². The highest BCUT2D eigenvalue weighted by atomic mass is 32.2. The third-order valence-corrected chi connectivity index (χ3v) is 5.56. The van der Waals surface area contributed by atoms with Gasteiger partial charge in [-0.25, -0.2) is 4.39 Å². The van der Waals surface area contributed by atoms with Crippen molar-refractivity contribution in [2.24, 2.45) is 0 Å². The normalized spacial score (nSPS) is 10.9. The topological polar surface area (TPSA) is 45.2 Å². The highest BCUT2D eigenvalue weighted by Gasteiger charge is 2.12. The molecule has 0 aliphatic rings. The fourth-order valence-corrected chi connectivity index (χ4v) is 3.71. The van der Waals surface area contributed by atoms with Crippen LogP contribution in [0.3, 0.4) is 0 Å². The number of benzene rings is 2. The summed E-state index contributed by atoms with van der Waals surface area (Å²) in [5.74, 6) is -0.260. The number of nitrogens with zero attached hydrogens (tertiary/aromatic N) is 2. The minimum Gasteiger partial charge on any atom is -0.325 e. The van der Waals surface area contributed by atoms with Crippen LogP contribution in [0.4, 0.5) is 10.1 Å². The molecule has 0 radical (unpaired) electrons. The molecular formula is C24H26FN3OS. The lowest BCUT2D eigenvalue weighted by molar-refractivity contribution is -0.116. The third-order valence-electron chi connectivity index (χ3n) is 4.77. The maximum absolute atomic E-state index is 13.2. The van der Waals surface area contributed by atoms with Crippen LogP contribution < -0.4 is 5.32 Å². The Morgan fingerprint density at radius 2 is 1.80 bits per heavy atom. The molecule has 0 fully saturated rings. The van der Waals surface area contributed by atoms with Crippen LogP contribution in [0.2, 0.25) is 0 Å². The molecule has 1 heterocycles. The zero-order valence-corrected chi connectivity index (χ0v) is 17.9. The van der Waals surface area contributed by atoms with Crippen molar-refractivity contribution >= 4 is 23.4 Å². The zero-order chi connectivity index (χ0) is 21.2. The molecule has 156 valence electrons. The van der Waals surface area contributed by atoms with Crippen molar-refractivity contribution < 1.29 is 9.18 Å². The summed E-state index contributed by atoms with van der Waals surface area (Å²) >= 11 is 1.61. The molecule has 2 aromatic carbocycles. The molecule has 3 rings (SSSR count). The molecule has 1 amide bonds. The Kier molecular flexibility index (Phi) is 8.41. The summed E-state index contributed by atoms with van der Waals surface area (Å²) in [7, 11) is 0. The minimum absolute atomic E-state index is 0.0153. The van der Waals surface area contributed by atoms with Gasteiger partial charge in [-0.15, -0.1) is 11.8 Å². The van der Waals surface area contributed by atoms with E-state index in [0.29, 0.717) is 19.5 Å². The number of carbonyl (C=O) groups is 1. The minimum atomic E-state index is -0.245. The largest absolute Gasteiger partial charge is 0.325 e. The first-order valence-electron chi connectivity index (χ1n) is 9.93. The number of aromatic nitrogens is 1. The molecule has 0 atom stereocenters. The second-order valence-corrected chi connectivity index (χ2v) is 7.82. The van der Waals surface area contributed by atoms with Crippen molar-refractivity contribution in [2.45, 2.75) is 24.3 Å². The molecule has 0 spiro atoms. The number of hydrogen-bond donors (Lipinski definition) is 1. The van der Waals surface area contributed by atoms with Gasteiger partial charge in [-0.2, -0.15) is 0 Å². The van der Waals surface area contributed by atoms with Crippen molar-refractivity contribution in [3.8, 4) is 0 Å². The monoisotopic (exact) mass is 423 g/mol. The van der Waals surface area contributed by atoms with Gasteiger partial charge in [0.15, 0.2) is 0 Å². The van der Waals surface area contributed by atoms with E-state index in [1.807, 2.05) is 48.7 Å². The SMILES string of the molecule is CSc1ccccc1NC(=O)CCN(CCc1ccccn1)Cc1ccc(F)cc1. The Balaban J connectivity index is 1.60. The van der Waals surface area contributed by atoms with Gasteiger partial charge in [-0.1, -0.05) is 30.3 Å². The van der Waals surface area contributed by atoms with Gasteiger partial charge in [-0.05, 0) is 48.2 Å². The predicted molar refractivity (Wildman–Crippen MR) is 121 cm³/mol. The maximum atomic E-state index is 13.2. The van der Waals surface area contributed by atoms with Crippen molar-refractivity contribution in [1.29, 1.82) is 0 Å². The summed E-state index contributed by atoms with van der Waals surface area (Å²) in [4.78, 5) is 20.2. The average molecular weight is 424 g/mol. The van der Waals surface area contributed by atoms with Crippen LogP contribution in [0.5, 0.6) is 0 Å². The first-order valence-corrected chi connectivity index (χ1v) is 11.2. The fraction of sp³-hybridized carbons (Fsp3) is 0.250. The zero-order valence-electron chi connectivity index (χ0n) is 17.1. The summed E-state index contributed by atoms with van der Waals surface area (Å²) in [6.45, 7) is 2.03. The molecule has 0 aliphatic carbocycles. The van der Waals surface area contributed by atoms with Gasteiger partial charge >= 0.3 is 0 Å². The van der Waals surface area contributed by atoms with Gasteiger partial charge in [-0.3, -0.25) is 14.7 Å². The Bertz CT molecular complexity index is 935. The summed E-state index contributed by atoms with van der Waals surface area (Å²) in [6, 6.07) is 20.2. The van der Waals surface area contributed by atoms with Crippen LogP contribution in [0.25, 0.3) is 0 Å². The number of thioether (sulfide) groups is 1. The van der Waals surface area contributed by atoms with Gasteiger partial charge in [0.2, 0.25) is 5.91 Å². The van der Waals surface area contributed by atoms with E-state index in [-0.39, 0.29) is 11.7 Å². The first kappa shape index (κ1) is 22.0. The molecule has 3 aromatic rings. The molecule has 0 aliphatic heterocycles. The van der Waals surface area contributed by atoms with Gasteiger partial charge in [0, 0.05) is 49.3 Å². The number of anilines is 1. The Labute approximate surface area is 181 Å². The van der Waals surface area contributed by atoms with Crippen molar-refractivity contribution in [3.63, 3.8) is 0 Å². The maximum Gasteiger partial charge on any atom is 0.225 e. The first-order chi connectivity index (χ1) is 14.6. The van der Waals surface area contributed by atoms with E-state index >= 15 is 0 Å². The predicted octanol–water partition coefficient (Wildman–Crippen LogP) is 5.02. The molecule has 1 aromatic heterocycles. The Hall–Kier alpha value is -2.70. The van der Waals surface area contributed by atoms with Crippen LogP contribution in [0.1, 0.15) is 17.7 Å². The van der Waals surface area contributed by atoms with Gasteiger partial charge < -0.3 is 5.32 Å². The van der Waals surface area contributed by atoms with Crippen molar-refractivity contribution in [2.75, 3.05) is 24.7 Å². The van der Waals surface area contributed by atoms with E-state index in [0.717, 1.165) is 34.8 Å². The van der Waals surface area contributed by atoms with E-state index in [2.05, 4.69) is 15.2 Å². The number of hydrogen-bond acceptors (Lipinski definition) is 4. The number of carbonyl (C=O) groups excluding carboxylic acids is 1. The van der Waals surface area contributed by atoms with Gasteiger partial charge in [0.1, 0.15) is 5.82 Å². The number of amides is 1. The van der Waals surface area contributed by atoms with Crippen LogP contribution in [0.15, 0.2) is 77.8 Å². The lowest BCUT2D eigenvalue weighted by Crippen LogP contribution is -2.29. The average Bonchev–Trinajstić information content (AvgIpc) is 2.78. The number of halogens is 1. The molecule has 6 heteroatoms. The molecule has 4 nitrogen and oxygen atoms in total. The highest BCUT2D eigenvalue weighted by molar-refractivity contribution is 7.98. The van der Waals surface area contributed by atoms with Gasteiger partial charge in [0.25, 0.3) is 0 Å². The number of rotatable bonds is 10. The van der Waals surface area contributed by atoms with E-state index < -0.39 is 0 Å². The summed E-state index contributed by atoms with van der Waals surface area (Å²) in [6.07, 6.45) is 4.95. The number of pyridine rings is 1. The molecule has 0 saturated carbocycles. The third kappa shape index (κ3) is 6.97. The van der Waals surface area contributed by atoms with E-state index in [1.54, 1.807) is 30.1 Å². The van der Waals surface area contributed by atoms with Gasteiger partial charge in [0.05, 0.1) is 5.69 Å². The molecule has 0 unspecified atom stereocenters. The molecule has 30 heavy (non-hydrogen) atoms. The molecule has 0 saturated heterocycles. The highest BCUT2D eigenvalue weighted by Crippen LogP contribution is 2.24. The quantitative estimate of drug-likeness (QED) is 0.465. The Morgan fingerprint density at radius 3 is 2.53 bits per heavy atom. The van der Waals surface area contributed by atoms with E-state index in [9.17, 15) is 9.18 Å². The van der Waals surface area contributed by atoms with E-state index in [1.165, 1.54) is 12.1 Å². The second kappa shape index (κ2) is 11.5. The fourth-order valence-electron chi connectivity index (χ4n) is 3.16. The molecule has 1 N–H and O–H groups in total. The summed E-state index contributed by atoms with van der Waals surface area (Å²) in [5.41, 5.74) is 2.87. The lowest BCUT2D eigenvalue weighted by Gasteiger charge is -2.22. The second-order valence-electron chi connectivity index (χ2n) is 6.97. The summed E-state index contributed by atoms with van der Waals surface area (Å²) < 4.78 is 13.2. The molecule has 0 bridgehead atoms.